The van der Waals surface area contributed by atoms with Crippen molar-refractivity contribution in [1.29, 1.82) is 0 Å². The van der Waals surface area contributed by atoms with Gasteiger partial charge in [-0.3, -0.25) is 0 Å². The number of hydrogen-bond donors (Lipinski definition) is 1. The van der Waals surface area contributed by atoms with E-state index in [1.165, 1.54) is 25.7 Å². The maximum absolute atomic E-state index is 12.1. The van der Waals surface area contributed by atoms with Crippen molar-refractivity contribution >= 4 is 5.97 Å². The first-order valence-electron chi connectivity index (χ1n) is 9.42. The number of aromatic carboxylic acids is 1. The van der Waals surface area contributed by atoms with Crippen LogP contribution in [0.15, 0.2) is 18.2 Å². The largest absolute Gasteiger partial charge is 0.478 e. The first-order valence-corrected chi connectivity index (χ1v) is 9.42. The first-order chi connectivity index (χ1) is 11.1. The molecule has 0 atom stereocenters. The van der Waals surface area contributed by atoms with Crippen molar-refractivity contribution < 1.29 is 9.90 Å². The zero-order valence-corrected chi connectivity index (χ0v) is 14.6. The first kappa shape index (κ1) is 16.5. The van der Waals surface area contributed by atoms with Crippen molar-refractivity contribution in [2.45, 2.75) is 77.0 Å². The fourth-order valence-electron chi connectivity index (χ4n) is 4.66. The van der Waals surface area contributed by atoms with Gasteiger partial charge in [-0.1, -0.05) is 57.7 Å². The van der Waals surface area contributed by atoms with Crippen molar-refractivity contribution in [2.75, 3.05) is 0 Å². The summed E-state index contributed by atoms with van der Waals surface area (Å²) in [7, 11) is 0. The fraction of sp³-hybridized carbons (Fsp3) is 0.667. The summed E-state index contributed by atoms with van der Waals surface area (Å²) in [6.07, 6.45) is 9.51. The summed E-state index contributed by atoms with van der Waals surface area (Å²) in [5.74, 6) is 1.76. The molecule has 0 aromatic heterocycles. The molecule has 1 aromatic carbocycles. The zero-order chi connectivity index (χ0) is 16.4. The van der Waals surface area contributed by atoms with Gasteiger partial charge in [0.25, 0.3) is 0 Å². The average molecular weight is 314 g/mol. The Morgan fingerprint density at radius 1 is 0.826 bits per heavy atom. The Balaban J connectivity index is 1.91. The van der Waals surface area contributed by atoms with E-state index in [1.807, 2.05) is 0 Å². The van der Waals surface area contributed by atoms with Crippen LogP contribution in [0.1, 0.15) is 98.5 Å². The molecule has 0 radical (unpaired) electrons. The summed E-state index contributed by atoms with van der Waals surface area (Å²) in [6, 6.07) is 6.27. The summed E-state index contributed by atoms with van der Waals surface area (Å²) in [6.45, 7) is 4.63. The zero-order valence-electron chi connectivity index (χ0n) is 14.6. The van der Waals surface area contributed by atoms with Gasteiger partial charge in [-0.05, 0) is 60.5 Å². The van der Waals surface area contributed by atoms with Crippen LogP contribution >= 0.6 is 0 Å². The highest BCUT2D eigenvalue weighted by molar-refractivity contribution is 5.91. The molecule has 2 heteroatoms. The van der Waals surface area contributed by atoms with Crippen LogP contribution in [0.3, 0.4) is 0 Å². The minimum atomic E-state index is -0.715. The highest BCUT2D eigenvalue weighted by Gasteiger charge is 2.29. The monoisotopic (exact) mass is 314 g/mol. The molecule has 2 nitrogen and oxygen atoms in total. The predicted molar refractivity (Wildman–Crippen MR) is 94.1 cm³/mol. The van der Waals surface area contributed by atoms with Crippen LogP contribution in [-0.4, -0.2) is 11.1 Å². The smallest absolute Gasteiger partial charge is 0.336 e. The lowest BCUT2D eigenvalue weighted by Gasteiger charge is -2.31. The molecule has 0 aliphatic heterocycles. The molecule has 0 bridgehead atoms. The van der Waals surface area contributed by atoms with Crippen molar-refractivity contribution in [1.82, 2.24) is 0 Å². The SMILES string of the molecule is CC1CCC(c2cccc(C3CCC(C)CC3)c2C(=O)O)CC1. The third-order valence-corrected chi connectivity index (χ3v) is 6.25. The second-order valence-corrected chi connectivity index (χ2v) is 8.03. The quantitative estimate of drug-likeness (QED) is 0.746. The van der Waals surface area contributed by atoms with Gasteiger partial charge in [-0.2, -0.15) is 0 Å². The second-order valence-electron chi connectivity index (χ2n) is 8.03. The van der Waals surface area contributed by atoms with Gasteiger partial charge < -0.3 is 5.11 Å². The lowest BCUT2D eigenvalue weighted by atomic mass is 9.74. The van der Waals surface area contributed by atoms with Crippen LogP contribution in [0, 0.1) is 11.8 Å². The minimum Gasteiger partial charge on any atom is -0.478 e. The third-order valence-electron chi connectivity index (χ3n) is 6.25. The minimum absolute atomic E-state index is 0.444. The Morgan fingerprint density at radius 3 is 1.57 bits per heavy atom. The third kappa shape index (κ3) is 3.62. The molecule has 0 unspecified atom stereocenters. The van der Waals surface area contributed by atoms with Gasteiger partial charge in [0.15, 0.2) is 0 Å². The number of carboxylic acid groups (broad SMARTS) is 1. The van der Waals surface area contributed by atoms with Crippen LogP contribution in [-0.2, 0) is 0 Å². The Morgan fingerprint density at radius 2 is 1.22 bits per heavy atom. The summed E-state index contributed by atoms with van der Waals surface area (Å²) in [5.41, 5.74) is 2.87. The maximum Gasteiger partial charge on any atom is 0.336 e. The van der Waals surface area contributed by atoms with Crippen molar-refractivity contribution in [3.05, 3.63) is 34.9 Å². The Labute approximate surface area is 140 Å². The van der Waals surface area contributed by atoms with E-state index in [2.05, 4.69) is 32.0 Å². The van der Waals surface area contributed by atoms with Gasteiger partial charge in [-0.25, -0.2) is 4.79 Å². The Hall–Kier alpha value is -1.31. The van der Waals surface area contributed by atoms with Gasteiger partial charge >= 0.3 is 5.97 Å². The summed E-state index contributed by atoms with van der Waals surface area (Å²) >= 11 is 0. The molecule has 2 aliphatic rings. The van der Waals surface area contributed by atoms with Gasteiger partial charge in [0, 0.05) is 0 Å². The topological polar surface area (TPSA) is 37.3 Å². The number of hydrogen-bond acceptors (Lipinski definition) is 1. The molecule has 2 fully saturated rings. The van der Waals surface area contributed by atoms with Crippen LogP contribution in [0.2, 0.25) is 0 Å². The van der Waals surface area contributed by atoms with Crippen LogP contribution in [0.5, 0.6) is 0 Å². The van der Waals surface area contributed by atoms with Crippen LogP contribution in [0.4, 0.5) is 0 Å². The van der Waals surface area contributed by atoms with E-state index in [9.17, 15) is 9.90 Å². The molecule has 126 valence electrons. The maximum atomic E-state index is 12.1. The number of rotatable bonds is 3. The summed E-state index contributed by atoms with van der Waals surface area (Å²) < 4.78 is 0. The predicted octanol–water partition coefficient (Wildman–Crippen LogP) is 5.97. The van der Waals surface area contributed by atoms with Gasteiger partial charge in [-0.15, -0.1) is 0 Å². The van der Waals surface area contributed by atoms with E-state index in [-0.39, 0.29) is 0 Å². The standard InChI is InChI=1S/C21H30O2/c1-14-6-10-16(11-7-14)18-4-3-5-19(20(18)21(22)23)17-12-8-15(2)9-13-17/h3-5,14-17H,6-13H2,1-2H3,(H,22,23). The Bertz CT molecular complexity index is 507. The normalized spacial score (nSPS) is 31.7. The van der Waals surface area contributed by atoms with E-state index < -0.39 is 5.97 Å². The number of benzene rings is 1. The molecular formula is C21H30O2. The van der Waals surface area contributed by atoms with E-state index in [0.29, 0.717) is 17.4 Å². The van der Waals surface area contributed by atoms with E-state index in [0.717, 1.165) is 48.6 Å². The fourth-order valence-corrected chi connectivity index (χ4v) is 4.66. The highest BCUT2D eigenvalue weighted by atomic mass is 16.4. The Kier molecular flexibility index (Phi) is 5.08. The summed E-state index contributed by atoms with van der Waals surface area (Å²) in [5, 5.41) is 9.91. The van der Waals surface area contributed by atoms with Gasteiger partial charge in [0.1, 0.15) is 0 Å². The van der Waals surface area contributed by atoms with Crippen molar-refractivity contribution in [3.8, 4) is 0 Å². The van der Waals surface area contributed by atoms with Crippen LogP contribution < -0.4 is 0 Å². The molecule has 0 saturated heterocycles. The molecule has 0 amide bonds. The lowest BCUT2D eigenvalue weighted by Crippen LogP contribution is -2.19. The molecule has 2 aliphatic carbocycles. The molecular weight excluding hydrogens is 284 g/mol. The van der Waals surface area contributed by atoms with Crippen molar-refractivity contribution in [3.63, 3.8) is 0 Å². The van der Waals surface area contributed by atoms with Gasteiger partial charge in [0.2, 0.25) is 0 Å². The van der Waals surface area contributed by atoms with E-state index >= 15 is 0 Å². The number of carbonyl (C=O) groups is 1. The molecule has 3 rings (SSSR count). The molecule has 0 heterocycles. The molecule has 1 N–H and O–H groups in total. The molecule has 23 heavy (non-hydrogen) atoms. The molecule has 0 spiro atoms. The second kappa shape index (κ2) is 7.07. The molecule has 1 aromatic rings. The van der Waals surface area contributed by atoms with Crippen molar-refractivity contribution in [2.24, 2.45) is 11.8 Å². The van der Waals surface area contributed by atoms with E-state index in [4.69, 9.17) is 0 Å². The lowest BCUT2D eigenvalue weighted by molar-refractivity contribution is 0.0692. The highest BCUT2D eigenvalue weighted by Crippen LogP contribution is 2.42. The van der Waals surface area contributed by atoms with Gasteiger partial charge in [0.05, 0.1) is 5.56 Å². The average Bonchev–Trinajstić information content (AvgIpc) is 2.55. The van der Waals surface area contributed by atoms with Crippen LogP contribution in [0.25, 0.3) is 0 Å². The van der Waals surface area contributed by atoms with E-state index in [1.54, 1.807) is 0 Å². The molecule has 2 saturated carbocycles. The number of carboxylic acids is 1. The summed E-state index contributed by atoms with van der Waals surface area (Å²) in [4.78, 5) is 12.1.